The maximum absolute atomic E-state index is 12.2. The molecular weight excluding hydrogens is 242 g/mol. The van der Waals surface area contributed by atoms with Gasteiger partial charge in [-0.2, -0.15) is 0 Å². The second-order valence-electron chi connectivity index (χ2n) is 3.98. The molecule has 0 aliphatic heterocycles. The van der Waals surface area contributed by atoms with Crippen LogP contribution in [0.3, 0.4) is 0 Å². The van der Waals surface area contributed by atoms with Crippen molar-refractivity contribution in [2.24, 2.45) is 5.73 Å². The Bertz CT molecular complexity index is 477. The van der Waals surface area contributed by atoms with Crippen LogP contribution in [0.1, 0.15) is 22.5 Å². The smallest absolute Gasteiger partial charge is 0.273 e. The summed E-state index contributed by atoms with van der Waals surface area (Å²) < 4.78 is 4.96. The molecule has 0 fully saturated rings. The lowest BCUT2D eigenvalue weighted by Gasteiger charge is -2.16. The number of hydrogen-bond donors (Lipinski definition) is 1. The molecule has 0 aromatic carbocycles. The summed E-state index contributed by atoms with van der Waals surface area (Å²) in [5.41, 5.74) is 6.31. The van der Waals surface area contributed by atoms with Crippen molar-refractivity contribution in [3.8, 4) is 11.8 Å². The summed E-state index contributed by atoms with van der Waals surface area (Å²) in [4.78, 5) is 18.0. The summed E-state index contributed by atoms with van der Waals surface area (Å²) in [5, 5.41) is 0. The number of hydrogen-bond acceptors (Lipinski definition) is 4. The van der Waals surface area contributed by atoms with Gasteiger partial charge in [-0.05, 0) is 18.6 Å². The van der Waals surface area contributed by atoms with E-state index in [1.807, 2.05) is 0 Å². The van der Waals surface area contributed by atoms with Crippen molar-refractivity contribution in [1.29, 1.82) is 0 Å². The van der Waals surface area contributed by atoms with Crippen molar-refractivity contribution >= 4 is 5.91 Å². The molecule has 0 saturated heterocycles. The fourth-order valence-electron chi connectivity index (χ4n) is 1.55. The Morgan fingerprint density at radius 3 is 3.05 bits per heavy atom. The van der Waals surface area contributed by atoms with Crippen LogP contribution in [-0.4, -0.2) is 49.6 Å². The topological polar surface area (TPSA) is 68.5 Å². The summed E-state index contributed by atoms with van der Waals surface area (Å²) in [6.45, 7) is 1.50. The number of rotatable bonds is 5. The van der Waals surface area contributed by atoms with Crippen LogP contribution in [0, 0.1) is 11.8 Å². The van der Waals surface area contributed by atoms with E-state index in [2.05, 4.69) is 16.8 Å². The molecular formula is C14H19N3O2. The lowest BCUT2D eigenvalue weighted by atomic mass is 10.1. The highest BCUT2D eigenvalue weighted by molar-refractivity contribution is 5.94. The Hall–Kier alpha value is -1.90. The molecule has 2 N–H and O–H groups in total. The number of methoxy groups -OCH3 is 1. The van der Waals surface area contributed by atoms with Gasteiger partial charge in [0.2, 0.25) is 0 Å². The predicted octanol–water partition coefficient (Wildman–Crippen LogP) is 0.500. The Labute approximate surface area is 113 Å². The van der Waals surface area contributed by atoms with Crippen molar-refractivity contribution in [3.63, 3.8) is 0 Å². The fraction of sp³-hybridized carbons (Fsp3) is 0.429. The van der Waals surface area contributed by atoms with E-state index < -0.39 is 0 Å². The zero-order chi connectivity index (χ0) is 14.1. The van der Waals surface area contributed by atoms with Crippen LogP contribution >= 0.6 is 0 Å². The van der Waals surface area contributed by atoms with Crippen LogP contribution in [0.2, 0.25) is 0 Å². The summed E-state index contributed by atoms with van der Waals surface area (Å²) in [7, 11) is 3.38. The highest BCUT2D eigenvalue weighted by atomic mass is 16.5. The number of nitrogens with two attached hydrogens (primary N) is 1. The van der Waals surface area contributed by atoms with E-state index in [0.29, 0.717) is 24.4 Å². The van der Waals surface area contributed by atoms with Gasteiger partial charge in [-0.1, -0.05) is 11.8 Å². The molecule has 0 saturated carbocycles. The summed E-state index contributed by atoms with van der Waals surface area (Å²) >= 11 is 0. The first-order valence-corrected chi connectivity index (χ1v) is 6.09. The summed E-state index contributed by atoms with van der Waals surface area (Å²) in [5.74, 6) is 5.46. The van der Waals surface area contributed by atoms with Crippen LogP contribution in [0.5, 0.6) is 0 Å². The highest BCUT2D eigenvalue weighted by Crippen LogP contribution is 2.07. The SMILES string of the molecule is COCCCN(C)C(=O)c1ncccc1C#CCN. The van der Waals surface area contributed by atoms with Gasteiger partial charge in [-0.25, -0.2) is 4.98 Å². The van der Waals surface area contributed by atoms with Crippen LogP contribution in [0.4, 0.5) is 0 Å². The van der Waals surface area contributed by atoms with E-state index in [-0.39, 0.29) is 12.5 Å². The van der Waals surface area contributed by atoms with Gasteiger partial charge in [-0.3, -0.25) is 4.79 Å². The molecule has 5 heteroatoms. The van der Waals surface area contributed by atoms with E-state index in [9.17, 15) is 4.79 Å². The number of carbonyl (C=O) groups excluding carboxylic acids is 1. The van der Waals surface area contributed by atoms with E-state index in [0.717, 1.165) is 6.42 Å². The third kappa shape index (κ3) is 4.70. The molecule has 1 aromatic heterocycles. The normalized spacial score (nSPS) is 9.63. The molecule has 1 aromatic rings. The fourth-order valence-corrected chi connectivity index (χ4v) is 1.55. The average Bonchev–Trinajstić information content (AvgIpc) is 2.44. The third-order valence-corrected chi connectivity index (χ3v) is 2.52. The number of ether oxygens (including phenoxy) is 1. The zero-order valence-corrected chi connectivity index (χ0v) is 11.3. The quantitative estimate of drug-likeness (QED) is 0.619. The number of amides is 1. The summed E-state index contributed by atoms with van der Waals surface area (Å²) in [6.07, 6.45) is 2.37. The number of carbonyl (C=O) groups is 1. The monoisotopic (exact) mass is 261 g/mol. The minimum Gasteiger partial charge on any atom is -0.385 e. The van der Waals surface area contributed by atoms with Crippen molar-refractivity contribution in [2.45, 2.75) is 6.42 Å². The summed E-state index contributed by atoms with van der Waals surface area (Å²) in [6, 6.07) is 3.52. The minimum atomic E-state index is -0.141. The molecule has 0 spiro atoms. The molecule has 1 rings (SSSR count). The second-order valence-corrected chi connectivity index (χ2v) is 3.98. The van der Waals surface area contributed by atoms with Gasteiger partial charge in [0.05, 0.1) is 12.1 Å². The van der Waals surface area contributed by atoms with Crippen LogP contribution in [-0.2, 0) is 4.74 Å². The molecule has 1 amide bonds. The number of pyridine rings is 1. The van der Waals surface area contributed by atoms with Crippen LogP contribution in [0.15, 0.2) is 18.3 Å². The van der Waals surface area contributed by atoms with E-state index in [1.54, 1.807) is 37.4 Å². The molecule has 0 unspecified atom stereocenters. The van der Waals surface area contributed by atoms with Crippen molar-refractivity contribution in [3.05, 3.63) is 29.6 Å². The van der Waals surface area contributed by atoms with Gasteiger partial charge < -0.3 is 15.4 Å². The first-order valence-electron chi connectivity index (χ1n) is 6.09. The van der Waals surface area contributed by atoms with Crippen molar-refractivity contribution in [2.75, 3.05) is 33.9 Å². The Morgan fingerprint density at radius 1 is 1.58 bits per heavy atom. The Kier molecular flexibility index (Phi) is 6.58. The lowest BCUT2D eigenvalue weighted by molar-refractivity contribution is 0.0773. The molecule has 19 heavy (non-hydrogen) atoms. The molecule has 0 radical (unpaired) electrons. The Morgan fingerprint density at radius 2 is 2.37 bits per heavy atom. The van der Waals surface area contributed by atoms with E-state index >= 15 is 0 Å². The van der Waals surface area contributed by atoms with Gasteiger partial charge in [0, 0.05) is 33.5 Å². The molecule has 102 valence electrons. The van der Waals surface area contributed by atoms with Gasteiger partial charge in [0.15, 0.2) is 0 Å². The molecule has 0 aliphatic rings. The maximum atomic E-state index is 12.2. The molecule has 0 atom stereocenters. The largest absolute Gasteiger partial charge is 0.385 e. The van der Waals surface area contributed by atoms with E-state index in [1.165, 1.54) is 0 Å². The Balaban J connectivity index is 2.81. The van der Waals surface area contributed by atoms with Crippen LogP contribution < -0.4 is 5.73 Å². The molecule has 0 bridgehead atoms. The minimum absolute atomic E-state index is 0.141. The van der Waals surface area contributed by atoms with Gasteiger partial charge in [0.1, 0.15) is 5.69 Å². The first-order chi connectivity index (χ1) is 9.20. The molecule has 1 heterocycles. The van der Waals surface area contributed by atoms with Crippen molar-refractivity contribution in [1.82, 2.24) is 9.88 Å². The maximum Gasteiger partial charge on any atom is 0.273 e. The second kappa shape index (κ2) is 8.25. The highest BCUT2D eigenvalue weighted by Gasteiger charge is 2.15. The predicted molar refractivity (Wildman–Crippen MR) is 73.6 cm³/mol. The van der Waals surface area contributed by atoms with Crippen molar-refractivity contribution < 1.29 is 9.53 Å². The number of nitrogens with zero attached hydrogens (tertiary/aromatic N) is 2. The average molecular weight is 261 g/mol. The van der Waals surface area contributed by atoms with E-state index in [4.69, 9.17) is 10.5 Å². The number of aromatic nitrogens is 1. The first kappa shape index (κ1) is 15.2. The van der Waals surface area contributed by atoms with Crippen LogP contribution in [0.25, 0.3) is 0 Å². The van der Waals surface area contributed by atoms with Gasteiger partial charge in [-0.15, -0.1) is 0 Å². The van der Waals surface area contributed by atoms with Gasteiger partial charge >= 0.3 is 0 Å². The third-order valence-electron chi connectivity index (χ3n) is 2.52. The van der Waals surface area contributed by atoms with Gasteiger partial charge in [0.25, 0.3) is 5.91 Å². The standard InChI is InChI=1S/C14H19N3O2/c1-17(10-5-11-19-2)14(18)13-12(6-3-8-15)7-4-9-16-13/h4,7,9H,5,8,10-11,15H2,1-2H3. The zero-order valence-electron chi connectivity index (χ0n) is 11.3. The molecule has 0 aliphatic carbocycles. The lowest BCUT2D eigenvalue weighted by Crippen LogP contribution is -2.29. The molecule has 5 nitrogen and oxygen atoms in total.